The van der Waals surface area contributed by atoms with Crippen LogP contribution in [-0.2, 0) is 6.61 Å². The van der Waals surface area contributed by atoms with Crippen LogP contribution in [0.25, 0.3) is 0 Å². The van der Waals surface area contributed by atoms with Gasteiger partial charge in [-0.05, 0) is 57.0 Å². The van der Waals surface area contributed by atoms with E-state index in [4.69, 9.17) is 4.74 Å². The highest BCUT2D eigenvalue weighted by Crippen LogP contribution is 2.18. The first-order valence-electron chi connectivity index (χ1n) is 8.13. The summed E-state index contributed by atoms with van der Waals surface area (Å²) in [5, 5.41) is 0. The van der Waals surface area contributed by atoms with Crippen LogP contribution >= 0.6 is 0 Å². The molecule has 1 amide bonds. The lowest BCUT2D eigenvalue weighted by molar-refractivity contribution is 0.0772. The van der Waals surface area contributed by atoms with E-state index < -0.39 is 0 Å². The molecule has 0 N–H and O–H groups in total. The Kier molecular flexibility index (Phi) is 5.80. The molecule has 2 aromatic rings. The third kappa shape index (κ3) is 4.35. The summed E-state index contributed by atoms with van der Waals surface area (Å²) < 4.78 is 5.89. The Morgan fingerprint density at radius 3 is 2.48 bits per heavy atom. The van der Waals surface area contributed by atoms with Gasteiger partial charge in [-0.15, -0.1) is 0 Å². The molecule has 0 heterocycles. The lowest BCUT2D eigenvalue weighted by Gasteiger charge is -2.19. The second kappa shape index (κ2) is 7.82. The second-order valence-electron chi connectivity index (χ2n) is 5.72. The number of amides is 1. The van der Waals surface area contributed by atoms with Crippen molar-refractivity contribution in [1.29, 1.82) is 0 Å². The minimum absolute atomic E-state index is 0.0483. The van der Waals surface area contributed by atoms with E-state index in [2.05, 4.69) is 32.0 Å². The van der Waals surface area contributed by atoms with Gasteiger partial charge in [-0.1, -0.05) is 29.8 Å². The van der Waals surface area contributed by atoms with Crippen molar-refractivity contribution >= 4 is 5.91 Å². The number of hydrogen-bond donors (Lipinski definition) is 0. The normalized spacial score (nSPS) is 10.4. The third-order valence-electron chi connectivity index (χ3n) is 4.03. The largest absolute Gasteiger partial charge is 0.489 e. The van der Waals surface area contributed by atoms with Crippen molar-refractivity contribution in [3.8, 4) is 5.75 Å². The van der Waals surface area contributed by atoms with Gasteiger partial charge in [0.2, 0.25) is 0 Å². The van der Waals surface area contributed by atoms with Crippen molar-refractivity contribution in [3.05, 3.63) is 64.7 Å². The van der Waals surface area contributed by atoms with Crippen LogP contribution in [0.4, 0.5) is 0 Å². The Morgan fingerprint density at radius 2 is 1.78 bits per heavy atom. The standard InChI is InChI=1S/C20H25NO2/c1-5-21(6-2)20(22)17-8-7-9-19(13-17)23-14-18-12-15(3)10-11-16(18)4/h7-13H,5-6,14H2,1-4H3. The van der Waals surface area contributed by atoms with E-state index in [1.807, 2.05) is 43.0 Å². The van der Waals surface area contributed by atoms with Gasteiger partial charge < -0.3 is 9.64 Å². The number of benzene rings is 2. The number of aryl methyl sites for hydroxylation is 2. The Balaban J connectivity index is 2.11. The molecule has 0 fully saturated rings. The first-order chi connectivity index (χ1) is 11.0. The quantitative estimate of drug-likeness (QED) is 0.793. The third-order valence-corrected chi connectivity index (χ3v) is 4.03. The highest BCUT2D eigenvalue weighted by atomic mass is 16.5. The van der Waals surface area contributed by atoms with Crippen LogP contribution in [0.3, 0.4) is 0 Å². The van der Waals surface area contributed by atoms with Gasteiger partial charge in [0.1, 0.15) is 12.4 Å². The number of carbonyl (C=O) groups excluding carboxylic acids is 1. The van der Waals surface area contributed by atoms with E-state index in [0.29, 0.717) is 25.3 Å². The maximum absolute atomic E-state index is 12.4. The van der Waals surface area contributed by atoms with Crippen LogP contribution in [-0.4, -0.2) is 23.9 Å². The summed E-state index contributed by atoms with van der Waals surface area (Å²) in [5.41, 5.74) is 4.28. The van der Waals surface area contributed by atoms with Crippen molar-refractivity contribution in [1.82, 2.24) is 4.90 Å². The number of carbonyl (C=O) groups is 1. The van der Waals surface area contributed by atoms with Gasteiger partial charge in [0.15, 0.2) is 0 Å². The zero-order valence-corrected chi connectivity index (χ0v) is 14.4. The minimum atomic E-state index is 0.0483. The predicted octanol–water partition coefficient (Wildman–Crippen LogP) is 4.36. The van der Waals surface area contributed by atoms with Crippen LogP contribution in [0.1, 0.15) is 40.9 Å². The number of ether oxygens (including phenoxy) is 1. The molecule has 0 spiro atoms. The van der Waals surface area contributed by atoms with Gasteiger partial charge >= 0.3 is 0 Å². The van der Waals surface area contributed by atoms with E-state index in [1.54, 1.807) is 0 Å². The zero-order valence-electron chi connectivity index (χ0n) is 14.4. The predicted molar refractivity (Wildman–Crippen MR) is 93.9 cm³/mol. The minimum Gasteiger partial charge on any atom is -0.489 e. The van der Waals surface area contributed by atoms with E-state index in [0.717, 1.165) is 5.75 Å². The van der Waals surface area contributed by atoms with Crippen molar-refractivity contribution in [2.45, 2.75) is 34.3 Å². The fourth-order valence-corrected chi connectivity index (χ4v) is 2.53. The molecular formula is C20H25NO2. The SMILES string of the molecule is CCN(CC)C(=O)c1cccc(OCc2cc(C)ccc2C)c1. The maximum atomic E-state index is 12.4. The summed E-state index contributed by atoms with van der Waals surface area (Å²) in [4.78, 5) is 14.2. The Labute approximate surface area is 138 Å². The van der Waals surface area contributed by atoms with Crippen LogP contribution in [0.15, 0.2) is 42.5 Å². The van der Waals surface area contributed by atoms with Gasteiger partial charge in [-0.25, -0.2) is 0 Å². The summed E-state index contributed by atoms with van der Waals surface area (Å²) in [6, 6.07) is 13.8. The van der Waals surface area contributed by atoms with Gasteiger partial charge in [0, 0.05) is 18.7 Å². The topological polar surface area (TPSA) is 29.5 Å². The Bertz CT molecular complexity index is 675. The molecule has 0 radical (unpaired) electrons. The number of hydrogen-bond acceptors (Lipinski definition) is 2. The first-order valence-corrected chi connectivity index (χ1v) is 8.13. The molecule has 3 nitrogen and oxygen atoms in total. The fraction of sp³-hybridized carbons (Fsp3) is 0.350. The first kappa shape index (κ1) is 17.1. The highest BCUT2D eigenvalue weighted by Gasteiger charge is 2.13. The number of nitrogens with zero attached hydrogens (tertiary/aromatic N) is 1. The average Bonchev–Trinajstić information content (AvgIpc) is 2.57. The van der Waals surface area contributed by atoms with Crippen LogP contribution in [0, 0.1) is 13.8 Å². The number of rotatable bonds is 6. The molecule has 0 atom stereocenters. The molecule has 0 aliphatic rings. The van der Waals surface area contributed by atoms with Gasteiger partial charge in [0.25, 0.3) is 5.91 Å². The molecule has 3 heteroatoms. The monoisotopic (exact) mass is 311 g/mol. The van der Waals surface area contributed by atoms with Crippen molar-refractivity contribution < 1.29 is 9.53 Å². The molecule has 0 aromatic heterocycles. The summed E-state index contributed by atoms with van der Waals surface area (Å²) in [6.45, 7) is 10.1. The molecule has 0 saturated heterocycles. The van der Waals surface area contributed by atoms with Crippen molar-refractivity contribution in [2.75, 3.05) is 13.1 Å². The van der Waals surface area contributed by atoms with E-state index in [1.165, 1.54) is 16.7 Å². The maximum Gasteiger partial charge on any atom is 0.253 e. The summed E-state index contributed by atoms with van der Waals surface area (Å²) in [5.74, 6) is 0.774. The molecule has 122 valence electrons. The molecule has 0 aliphatic heterocycles. The molecule has 0 aliphatic carbocycles. The van der Waals surface area contributed by atoms with E-state index >= 15 is 0 Å². The lowest BCUT2D eigenvalue weighted by atomic mass is 10.1. The summed E-state index contributed by atoms with van der Waals surface area (Å²) in [7, 11) is 0. The Hall–Kier alpha value is -2.29. The fourth-order valence-electron chi connectivity index (χ4n) is 2.53. The molecule has 0 unspecified atom stereocenters. The summed E-state index contributed by atoms with van der Waals surface area (Å²) >= 11 is 0. The molecular weight excluding hydrogens is 286 g/mol. The highest BCUT2D eigenvalue weighted by molar-refractivity contribution is 5.94. The van der Waals surface area contributed by atoms with Gasteiger partial charge in [0.05, 0.1) is 0 Å². The molecule has 23 heavy (non-hydrogen) atoms. The Morgan fingerprint density at radius 1 is 1.04 bits per heavy atom. The van der Waals surface area contributed by atoms with Crippen LogP contribution < -0.4 is 4.74 Å². The smallest absolute Gasteiger partial charge is 0.253 e. The molecule has 0 saturated carbocycles. The van der Waals surface area contributed by atoms with Gasteiger partial charge in [-0.2, -0.15) is 0 Å². The van der Waals surface area contributed by atoms with Crippen LogP contribution in [0.2, 0.25) is 0 Å². The summed E-state index contributed by atoms with van der Waals surface area (Å²) in [6.07, 6.45) is 0. The van der Waals surface area contributed by atoms with E-state index in [9.17, 15) is 4.79 Å². The van der Waals surface area contributed by atoms with Crippen molar-refractivity contribution in [3.63, 3.8) is 0 Å². The van der Waals surface area contributed by atoms with Gasteiger partial charge in [-0.3, -0.25) is 4.79 Å². The van der Waals surface area contributed by atoms with Crippen molar-refractivity contribution in [2.24, 2.45) is 0 Å². The molecule has 2 aromatic carbocycles. The second-order valence-corrected chi connectivity index (χ2v) is 5.72. The van der Waals surface area contributed by atoms with E-state index in [-0.39, 0.29) is 5.91 Å². The molecule has 2 rings (SSSR count). The molecule has 0 bridgehead atoms. The zero-order chi connectivity index (χ0) is 16.8. The lowest BCUT2D eigenvalue weighted by Crippen LogP contribution is -2.30. The average molecular weight is 311 g/mol. The van der Waals surface area contributed by atoms with Crippen LogP contribution in [0.5, 0.6) is 5.75 Å².